The van der Waals surface area contributed by atoms with Crippen LogP contribution in [-0.4, -0.2) is 13.2 Å². The molecule has 1 heterocycles. The molecule has 4 aromatic rings. The Morgan fingerprint density at radius 1 is 0.893 bits per heavy atom. The van der Waals surface area contributed by atoms with Crippen molar-refractivity contribution in [2.45, 2.75) is 45.7 Å². The first-order chi connectivity index (χ1) is 13.5. The lowest BCUT2D eigenvalue weighted by molar-refractivity contribution is 0.470. The van der Waals surface area contributed by atoms with Crippen molar-refractivity contribution >= 4 is 40.2 Å². The van der Waals surface area contributed by atoms with Crippen LogP contribution in [-0.2, 0) is 0 Å². The Labute approximate surface area is 167 Å². The standard InChI is InChI=1S/C25H28O2Si/c1-5-28(6-2,23-16-27-21-14-10-9-13-20(21)23)22-15-18-11-7-8-12-19(18)24(17(3)4)25(22)26/h7-17,26H,5-6H2,1-4H3. The van der Waals surface area contributed by atoms with Crippen LogP contribution in [0.1, 0.15) is 39.2 Å². The van der Waals surface area contributed by atoms with Crippen molar-refractivity contribution in [3.63, 3.8) is 0 Å². The van der Waals surface area contributed by atoms with E-state index in [1.807, 2.05) is 18.4 Å². The highest BCUT2D eigenvalue weighted by Gasteiger charge is 2.39. The molecule has 144 valence electrons. The molecule has 0 fully saturated rings. The van der Waals surface area contributed by atoms with E-state index in [2.05, 4.69) is 70.2 Å². The summed E-state index contributed by atoms with van der Waals surface area (Å²) >= 11 is 0. The monoisotopic (exact) mass is 388 g/mol. The number of hydrogen-bond donors (Lipinski definition) is 1. The Kier molecular flexibility index (Phi) is 4.80. The molecule has 0 saturated heterocycles. The van der Waals surface area contributed by atoms with Crippen LogP contribution < -0.4 is 10.4 Å². The van der Waals surface area contributed by atoms with E-state index in [-0.39, 0.29) is 5.92 Å². The molecule has 0 bridgehead atoms. The number of para-hydroxylation sites is 1. The Morgan fingerprint density at radius 3 is 2.21 bits per heavy atom. The molecule has 0 aliphatic heterocycles. The number of fused-ring (bicyclic) bond motifs is 2. The van der Waals surface area contributed by atoms with Crippen molar-refractivity contribution in [1.29, 1.82) is 0 Å². The molecule has 0 spiro atoms. The molecule has 2 nitrogen and oxygen atoms in total. The number of hydrogen-bond acceptors (Lipinski definition) is 2. The highest BCUT2D eigenvalue weighted by atomic mass is 28.3. The van der Waals surface area contributed by atoms with Gasteiger partial charge in [-0.1, -0.05) is 88.3 Å². The van der Waals surface area contributed by atoms with Gasteiger partial charge in [-0.05, 0) is 33.1 Å². The number of phenolic OH excluding ortho intramolecular Hbond substituents is 1. The maximum absolute atomic E-state index is 11.5. The summed E-state index contributed by atoms with van der Waals surface area (Å²) in [6.07, 6.45) is 1.95. The van der Waals surface area contributed by atoms with Crippen LogP contribution in [0.15, 0.2) is 65.3 Å². The highest BCUT2D eigenvalue weighted by Crippen LogP contribution is 2.35. The van der Waals surface area contributed by atoms with Gasteiger partial charge in [-0.25, -0.2) is 0 Å². The first kappa shape index (κ1) is 18.8. The predicted molar refractivity (Wildman–Crippen MR) is 122 cm³/mol. The molecule has 3 aromatic carbocycles. The van der Waals surface area contributed by atoms with Gasteiger partial charge in [-0.3, -0.25) is 0 Å². The summed E-state index contributed by atoms with van der Waals surface area (Å²) in [5.74, 6) is 0.751. The molecule has 0 aliphatic rings. The lowest BCUT2D eigenvalue weighted by Crippen LogP contribution is -2.57. The van der Waals surface area contributed by atoms with E-state index in [9.17, 15) is 5.11 Å². The van der Waals surface area contributed by atoms with Crippen LogP contribution in [0.25, 0.3) is 21.7 Å². The number of aromatic hydroxyl groups is 1. The van der Waals surface area contributed by atoms with E-state index in [0.717, 1.165) is 33.8 Å². The van der Waals surface area contributed by atoms with E-state index in [1.165, 1.54) is 16.0 Å². The Hall–Kier alpha value is -2.52. The predicted octanol–water partition coefficient (Wildman–Crippen LogP) is 6.02. The Bertz CT molecular complexity index is 1140. The van der Waals surface area contributed by atoms with Gasteiger partial charge in [-0.15, -0.1) is 0 Å². The van der Waals surface area contributed by atoms with E-state index < -0.39 is 8.07 Å². The molecule has 0 aliphatic carbocycles. The van der Waals surface area contributed by atoms with Crippen molar-refractivity contribution in [2.75, 3.05) is 0 Å². The first-order valence-electron chi connectivity index (χ1n) is 10.2. The van der Waals surface area contributed by atoms with Crippen LogP contribution in [0.3, 0.4) is 0 Å². The van der Waals surface area contributed by atoms with Gasteiger partial charge in [0.15, 0.2) is 0 Å². The third-order valence-corrected chi connectivity index (χ3v) is 11.6. The maximum Gasteiger partial charge on any atom is 0.133 e. The zero-order valence-corrected chi connectivity index (χ0v) is 18.1. The Balaban J connectivity index is 2.09. The summed E-state index contributed by atoms with van der Waals surface area (Å²) < 4.78 is 5.94. The van der Waals surface area contributed by atoms with Crippen molar-refractivity contribution in [1.82, 2.24) is 0 Å². The summed E-state index contributed by atoms with van der Waals surface area (Å²) in [7, 11) is -2.19. The molecular weight excluding hydrogens is 360 g/mol. The van der Waals surface area contributed by atoms with Crippen molar-refractivity contribution < 1.29 is 9.52 Å². The van der Waals surface area contributed by atoms with Gasteiger partial charge in [0.25, 0.3) is 0 Å². The molecule has 3 heteroatoms. The van der Waals surface area contributed by atoms with Crippen LogP contribution in [0.5, 0.6) is 5.75 Å². The van der Waals surface area contributed by atoms with Crippen LogP contribution >= 0.6 is 0 Å². The van der Waals surface area contributed by atoms with E-state index in [0.29, 0.717) is 5.75 Å². The molecule has 0 amide bonds. The van der Waals surface area contributed by atoms with Gasteiger partial charge in [0.2, 0.25) is 0 Å². The second-order valence-electron chi connectivity index (χ2n) is 8.00. The molecule has 0 radical (unpaired) electrons. The molecule has 0 unspecified atom stereocenters. The minimum atomic E-state index is -2.19. The third-order valence-electron chi connectivity index (χ3n) is 6.36. The lowest BCUT2D eigenvalue weighted by atomic mass is 9.95. The Morgan fingerprint density at radius 2 is 1.54 bits per heavy atom. The smallest absolute Gasteiger partial charge is 0.133 e. The fraction of sp³-hybridized carbons (Fsp3) is 0.280. The molecule has 0 atom stereocenters. The molecular formula is C25H28O2Si. The second-order valence-corrected chi connectivity index (χ2v) is 12.7. The quantitative estimate of drug-likeness (QED) is 0.424. The van der Waals surface area contributed by atoms with E-state index in [4.69, 9.17) is 4.42 Å². The summed E-state index contributed by atoms with van der Waals surface area (Å²) in [5.41, 5.74) is 2.00. The van der Waals surface area contributed by atoms with E-state index >= 15 is 0 Å². The van der Waals surface area contributed by atoms with Crippen molar-refractivity contribution in [2.24, 2.45) is 0 Å². The first-order valence-corrected chi connectivity index (χ1v) is 12.7. The fourth-order valence-corrected chi connectivity index (χ4v) is 9.16. The van der Waals surface area contributed by atoms with Gasteiger partial charge in [0.1, 0.15) is 19.4 Å². The van der Waals surface area contributed by atoms with Gasteiger partial charge in [0, 0.05) is 10.9 Å². The van der Waals surface area contributed by atoms with E-state index in [1.54, 1.807) is 0 Å². The van der Waals surface area contributed by atoms with Crippen molar-refractivity contribution in [3.8, 4) is 5.75 Å². The van der Waals surface area contributed by atoms with Crippen LogP contribution in [0.2, 0.25) is 12.1 Å². The second kappa shape index (κ2) is 7.14. The highest BCUT2D eigenvalue weighted by molar-refractivity contribution is 7.04. The molecule has 1 N–H and O–H groups in total. The maximum atomic E-state index is 11.5. The van der Waals surface area contributed by atoms with Crippen LogP contribution in [0.4, 0.5) is 0 Å². The summed E-state index contributed by atoms with van der Waals surface area (Å²) in [6.45, 7) is 8.86. The SMILES string of the molecule is CC[Si](CC)(c1cc2ccccc2c(C(C)C)c1O)c1coc2ccccc12. The summed E-state index contributed by atoms with van der Waals surface area (Å²) in [4.78, 5) is 0. The number of phenols is 1. The normalized spacial score (nSPS) is 12.3. The summed E-state index contributed by atoms with van der Waals surface area (Å²) in [6, 6.07) is 21.0. The lowest BCUT2D eigenvalue weighted by Gasteiger charge is -2.32. The minimum Gasteiger partial charge on any atom is -0.508 e. The summed E-state index contributed by atoms with van der Waals surface area (Å²) in [5, 5.41) is 17.5. The largest absolute Gasteiger partial charge is 0.508 e. The van der Waals surface area contributed by atoms with Gasteiger partial charge >= 0.3 is 0 Å². The number of rotatable bonds is 5. The third kappa shape index (κ3) is 2.68. The fourth-order valence-electron chi connectivity index (χ4n) is 4.82. The van der Waals surface area contributed by atoms with Gasteiger partial charge in [-0.2, -0.15) is 0 Å². The molecule has 0 saturated carbocycles. The van der Waals surface area contributed by atoms with Gasteiger partial charge < -0.3 is 9.52 Å². The van der Waals surface area contributed by atoms with Crippen molar-refractivity contribution in [3.05, 3.63) is 66.4 Å². The molecule has 28 heavy (non-hydrogen) atoms. The average Bonchev–Trinajstić information content (AvgIpc) is 3.14. The minimum absolute atomic E-state index is 0.256. The average molecular weight is 389 g/mol. The molecule has 4 rings (SSSR count). The number of furan rings is 1. The topological polar surface area (TPSA) is 33.4 Å². The number of benzene rings is 3. The zero-order valence-electron chi connectivity index (χ0n) is 17.1. The van der Waals surface area contributed by atoms with Crippen LogP contribution in [0, 0.1) is 0 Å². The van der Waals surface area contributed by atoms with Gasteiger partial charge in [0.05, 0.1) is 6.26 Å². The molecule has 1 aromatic heterocycles. The zero-order chi connectivity index (χ0) is 19.9.